The summed E-state index contributed by atoms with van der Waals surface area (Å²) >= 11 is 0. The number of carbonyl (C=O) groups excluding carboxylic acids is 1. The number of hydrogen-bond donors (Lipinski definition) is 1. The number of carbonyl (C=O) groups is 1. The van der Waals surface area contributed by atoms with Crippen molar-refractivity contribution in [2.75, 3.05) is 4.90 Å². The minimum atomic E-state index is -0.304. The van der Waals surface area contributed by atoms with Crippen LogP contribution in [-0.4, -0.2) is 26.2 Å². The van der Waals surface area contributed by atoms with E-state index in [1.165, 1.54) is 0 Å². The van der Waals surface area contributed by atoms with Gasteiger partial charge in [0.25, 0.3) is 5.91 Å². The van der Waals surface area contributed by atoms with E-state index < -0.39 is 0 Å². The fourth-order valence-corrected chi connectivity index (χ4v) is 4.22. The van der Waals surface area contributed by atoms with Crippen LogP contribution in [0.2, 0.25) is 0 Å². The second kappa shape index (κ2) is 6.91. The summed E-state index contributed by atoms with van der Waals surface area (Å²) in [7, 11) is 0. The van der Waals surface area contributed by atoms with E-state index in [4.69, 9.17) is 4.52 Å². The average Bonchev–Trinajstić information content (AvgIpc) is 3.46. The largest absolute Gasteiger partial charge is 0.364 e. The first-order valence-corrected chi connectivity index (χ1v) is 10.2. The molecule has 1 N–H and O–H groups in total. The molecule has 0 bridgehead atoms. The summed E-state index contributed by atoms with van der Waals surface area (Å²) in [4.78, 5) is 19.9. The maximum absolute atomic E-state index is 13.6. The van der Waals surface area contributed by atoms with Crippen molar-refractivity contribution >= 4 is 11.6 Å². The number of aromatic amines is 1. The summed E-state index contributed by atoms with van der Waals surface area (Å²) in [6.45, 7) is 8.30. The highest BCUT2D eigenvalue weighted by Crippen LogP contribution is 2.45. The Morgan fingerprint density at radius 2 is 1.87 bits per heavy atom. The molecule has 1 aromatic carbocycles. The summed E-state index contributed by atoms with van der Waals surface area (Å²) in [5, 5.41) is 11.5. The number of hydrogen-bond acceptors (Lipinski definition) is 5. The number of aromatic nitrogens is 4. The molecule has 1 unspecified atom stereocenters. The highest BCUT2D eigenvalue weighted by atomic mass is 16.5. The molecule has 156 valence electrons. The Morgan fingerprint density at radius 3 is 2.52 bits per heavy atom. The lowest BCUT2D eigenvalue weighted by Gasteiger charge is -2.29. The molecule has 1 atom stereocenters. The number of pyridine rings is 1. The third-order valence-electron chi connectivity index (χ3n) is 5.70. The average molecular weight is 413 g/mol. The van der Waals surface area contributed by atoms with E-state index in [9.17, 15) is 4.79 Å². The molecule has 1 aliphatic heterocycles. The van der Waals surface area contributed by atoms with E-state index in [0.29, 0.717) is 5.69 Å². The number of rotatable bonds is 3. The van der Waals surface area contributed by atoms with Crippen molar-refractivity contribution in [1.82, 2.24) is 20.3 Å². The van der Waals surface area contributed by atoms with Crippen LogP contribution in [0.1, 0.15) is 59.8 Å². The van der Waals surface area contributed by atoms with Crippen LogP contribution >= 0.6 is 0 Å². The van der Waals surface area contributed by atoms with Gasteiger partial charge in [0.1, 0.15) is 17.7 Å². The zero-order chi connectivity index (χ0) is 21.8. The summed E-state index contributed by atoms with van der Waals surface area (Å²) in [5.41, 5.74) is 6.50. The minimum Gasteiger partial charge on any atom is -0.364 e. The van der Waals surface area contributed by atoms with Gasteiger partial charge in [0.2, 0.25) is 0 Å². The fourth-order valence-electron chi connectivity index (χ4n) is 4.22. The zero-order valence-electron chi connectivity index (χ0n) is 17.9. The highest BCUT2D eigenvalue weighted by Gasteiger charge is 2.45. The van der Waals surface area contributed by atoms with Crippen LogP contribution in [0.4, 0.5) is 5.69 Å². The topological polar surface area (TPSA) is 87.9 Å². The summed E-state index contributed by atoms with van der Waals surface area (Å²) in [6, 6.07) is 13.2. The molecule has 0 saturated heterocycles. The van der Waals surface area contributed by atoms with Gasteiger partial charge in [-0.1, -0.05) is 44.1 Å². The lowest BCUT2D eigenvalue weighted by atomic mass is 9.85. The van der Waals surface area contributed by atoms with Crippen LogP contribution in [-0.2, 0) is 5.41 Å². The van der Waals surface area contributed by atoms with Crippen LogP contribution in [0, 0.1) is 6.92 Å². The third kappa shape index (κ3) is 3.04. The fraction of sp³-hybridized carbons (Fsp3) is 0.250. The van der Waals surface area contributed by atoms with Gasteiger partial charge in [-0.3, -0.25) is 19.8 Å². The molecule has 31 heavy (non-hydrogen) atoms. The molecule has 4 aromatic rings. The van der Waals surface area contributed by atoms with Crippen LogP contribution in [0.5, 0.6) is 0 Å². The van der Waals surface area contributed by atoms with E-state index in [1.54, 1.807) is 12.5 Å². The normalized spacial score (nSPS) is 16.1. The van der Waals surface area contributed by atoms with Crippen LogP contribution in [0.3, 0.4) is 0 Å². The molecule has 0 fully saturated rings. The van der Waals surface area contributed by atoms with E-state index in [2.05, 4.69) is 41.1 Å². The SMILES string of the molecule is Cc1ncccc1C1c2c(C(C)(C)C)n[nH]c2C(=O)N1c1ccc(-c2ccon2)cc1. The van der Waals surface area contributed by atoms with E-state index in [0.717, 1.165) is 39.5 Å². The third-order valence-corrected chi connectivity index (χ3v) is 5.70. The molecule has 1 amide bonds. The van der Waals surface area contributed by atoms with Gasteiger partial charge in [0.05, 0.1) is 11.7 Å². The maximum atomic E-state index is 13.6. The van der Waals surface area contributed by atoms with Crippen molar-refractivity contribution in [3.05, 3.63) is 83.1 Å². The van der Waals surface area contributed by atoms with E-state index in [-0.39, 0.29) is 17.4 Å². The second-order valence-electron chi connectivity index (χ2n) is 8.80. The zero-order valence-corrected chi connectivity index (χ0v) is 17.9. The van der Waals surface area contributed by atoms with Crippen LogP contribution in [0.25, 0.3) is 11.3 Å². The second-order valence-corrected chi connectivity index (χ2v) is 8.80. The number of benzene rings is 1. The van der Waals surface area contributed by atoms with E-state index in [1.807, 2.05) is 54.3 Å². The standard InChI is InChI=1S/C24H23N5O2/c1-14-17(6-5-12-25-14)21-19-20(26-27-22(19)24(2,3)4)23(30)29(21)16-9-7-15(8-10-16)18-11-13-31-28-18/h5-13,21H,1-4H3,(H,26,27). The highest BCUT2D eigenvalue weighted by molar-refractivity contribution is 6.10. The molecule has 4 heterocycles. The van der Waals surface area contributed by atoms with Crippen molar-refractivity contribution in [2.45, 2.75) is 39.2 Å². The number of aryl methyl sites for hydroxylation is 1. The van der Waals surface area contributed by atoms with Crippen molar-refractivity contribution in [3.63, 3.8) is 0 Å². The van der Waals surface area contributed by atoms with Gasteiger partial charge in [-0.15, -0.1) is 0 Å². The van der Waals surface area contributed by atoms with Crippen molar-refractivity contribution in [3.8, 4) is 11.3 Å². The molecule has 0 spiro atoms. The van der Waals surface area contributed by atoms with Crippen molar-refractivity contribution < 1.29 is 9.32 Å². The Balaban J connectivity index is 1.67. The molecular formula is C24H23N5O2. The van der Waals surface area contributed by atoms with Gasteiger partial charge in [0.15, 0.2) is 0 Å². The summed E-state index contributed by atoms with van der Waals surface area (Å²) in [5.74, 6) is -0.0968. The summed E-state index contributed by atoms with van der Waals surface area (Å²) < 4.78 is 4.95. The molecule has 0 saturated carbocycles. The van der Waals surface area contributed by atoms with Crippen molar-refractivity contribution in [1.29, 1.82) is 0 Å². The first-order chi connectivity index (χ1) is 14.9. The summed E-state index contributed by atoms with van der Waals surface area (Å²) in [6.07, 6.45) is 3.32. The molecule has 7 heteroatoms. The Hall–Kier alpha value is -3.74. The Kier molecular flexibility index (Phi) is 4.28. The predicted octanol–water partition coefficient (Wildman–Crippen LogP) is 4.82. The van der Waals surface area contributed by atoms with Gasteiger partial charge in [0, 0.05) is 45.7 Å². The first kappa shape index (κ1) is 19.2. The van der Waals surface area contributed by atoms with Gasteiger partial charge < -0.3 is 4.52 Å². The predicted molar refractivity (Wildman–Crippen MR) is 117 cm³/mol. The maximum Gasteiger partial charge on any atom is 0.277 e. The van der Waals surface area contributed by atoms with E-state index >= 15 is 0 Å². The Bertz CT molecular complexity index is 1250. The quantitative estimate of drug-likeness (QED) is 0.520. The van der Waals surface area contributed by atoms with Crippen LogP contribution < -0.4 is 4.90 Å². The van der Waals surface area contributed by atoms with Gasteiger partial charge >= 0.3 is 0 Å². The van der Waals surface area contributed by atoms with Gasteiger partial charge in [-0.25, -0.2) is 0 Å². The number of anilines is 1. The number of H-pyrrole nitrogens is 1. The molecular weight excluding hydrogens is 390 g/mol. The number of nitrogens with one attached hydrogen (secondary N) is 1. The first-order valence-electron chi connectivity index (χ1n) is 10.2. The smallest absolute Gasteiger partial charge is 0.277 e. The molecule has 0 radical (unpaired) electrons. The van der Waals surface area contributed by atoms with Crippen molar-refractivity contribution in [2.24, 2.45) is 0 Å². The molecule has 5 rings (SSSR count). The monoisotopic (exact) mass is 413 g/mol. The molecule has 0 aliphatic carbocycles. The number of amides is 1. The number of fused-ring (bicyclic) bond motifs is 1. The lowest BCUT2D eigenvalue weighted by Crippen LogP contribution is -2.30. The minimum absolute atomic E-state index is 0.0968. The Morgan fingerprint density at radius 1 is 1.10 bits per heavy atom. The van der Waals surface area contributed by atoms with Gasteiger partial charge in [-0.2, -0.15) is 5.10 Å². The lowest BCUT2D eigenvalue weighted by molar-refractivity contribution is 0.0988. The number of nitrogens with zero attached hydrogens (tertiary/aromatic N) is 4. The molecule has 7 nitrogen and oxygen atoms in total. The Labute approximate surface area is 180 Å². The van der Waals surface area contributed by atoms with Gasteiger partial charge in [-0.05, 0) is 25.1 Å². The molecule has 3 aromatic heterocycles. The molecule has 1 aliphatic rings. The van der Waals surface area contributed by atoms with Crippen LogP contribution in [0.15, 0.2) is 59.4 Å².